The van der Waals surface area contributed by atoms with Crippen LogP contribution >= 0.6 is 0 Å². The third-order valence-electron chi connectivity index (χ3n) is 6.73. The summed E-state index contributed by atoms with van der Waals surface area (Å²) in [5, 5.41) is 14.2. The van der Waals surface area contributed by atoms with Gasteiger partial charge in [0, 0.05) is 25.3 Å². The van der Waals surface area contributed by atoms with Gasteiger partial charge in [0.25, 0.3) is 0 Å². The number of hydrogen-bond donors (Lipinski definition) is 2. The Morgan fingerprint density at radius 2 is 1.82 bits per heavy atom. The number of benzene rings is 1. The topological polar surface area (TPSA) is 97.3 Å². The number of fused-ring (bicyclic) bond motifs is 1. The number of carbonyl (C=O) groups is 2. The van der Waals surface area contributed by atoms with E-state index in [2.05, 4.69) is 10.2 Å². The molecule has 1 saturated heterocycles. The van der Waals surface area contributed by atoms with Crippen molar-refractivity contribution >= 4 is 11.7 Å². The number of aliphatic hydroxyl groups excluding tert-OH is 1. The van der Waals surface area contributed by atoms with Crippen LogP contribution in [0.25, 0.3) is 0 Å². The van der Waals surface area contributed by atoms with Crippen molar-refractivity contribution in [3.63, 3.8) is 0 Å². The summed E-state index contributed by atoms with van der Waals surface area (Å²) in [6.45, 7) is 4.12. The number of aliphatic hydroxyl groups is 1. The molecular formula is C26H36N2O6. The lowest BCUT2D eigenvalue weighted by Gasteiger charge is -2.29. The summed E-state index contributed by atoms with van der Waals surface area (Å²) in [6.07, 6.45) is 7.69. The molecule has 8 heteroatoms. The number of nitrogens with zero attached hydrogens (tertiary/aromatic N) is 1. The van der Waals surface area contributed by atoms with Gasteiger partial charge in [0.1, 0.15) is 25.1 Å². The molecule has 186 valence electrons. The van der Waals surface area contributed by atoms with Crippen LogP contribution in [-0.4, -0.2) is 67.2 Å². The first-order valence-corrected chi connectivity index (χ1v) is 12.5. The minimum atomic E-state index is -0.859. The van der Waals surface area contributed by atoms with Crippen molar-refractivity contribution in [2.45, 2.75) is 57.1 Å². The van der Waals surface area contributed by atoms with Gasteiger partial charge in [-0.15, -0.1) is 0 Å². The van der Waals surface area contributed by atoms with Gasteiger partial charge >= 0.3 is 0 Å². The Labute approximate surface area is 201 Å². The van der Waals surface area contributed by atoms with Crippen LogP contribution in [0.1, 0.15) is 56.6 Å². The summed E-state index contributed by atoms with van der Waals surface area (Å²) in [6, 6.07) is 5.02. The smallest absolute Gasteiger partial charge is 0.220 e. The molecule has 0 saturated carbocycles. The van der Waals surface area contributed by atoms with Crippen molar-refractivity contribution in [1.82, 2.24) is 10.2 Å². The summed E-state index contributed by atoms with van der Waals surface area (Å²) in [5.74, 6) is 1.35. The molecular weight excluding hydrogens is 436 g/mol. The van der Waals surface area contributed by atoms with Crippen LogP contribution in [-0.2, 0) is 14.3 Å². The molecule has 0 bridgehead atoms. The molecule has 0 radical (unpaired) electrons. The molecule has 3 heterocycles. The molecule has 0 aromatic heterocycles. The monoisotopic (exact) mass is 472 g/mol. The molecule has 3 aliphatic heterocycles. The average molecular weight is 473 g/mol. The number of ketones is 1. The number of carbonyl (C=O) groups excluding carboxylic acids is 2. The molecule has 2 unspecified atom stereocenters. The zero-order chi connectivity index (χ0) is 23.8. The molecule has 8 nitrogen and oxygen atoms in total. The number of ether oxygens (including phenoxy) is 3. The van der Waals surface area contributed by atoms with Crippen molar-refractivity contribution in [3.05, 3.63) is 36.1 Å². The van der Waals surface area contributed by atoms with E-state index < -0.39 is 12.1 Å². The second kappa shape index (κ2) is 12.2. The fourth-order valence-corrected chi connectivity index (χ4v) is 4.77. The minimum absolute atomic E-state index is 0.0615. The third-order valence-corrected chi connectivity index (χ3v) is 6.73. The van der Waals surface area contributed by atoms with Crippen molar-refractivity contribution in [1.29, 1.82) is 0 Å². The predicted molar refractivity (Wildman–Crippen MR) is 127 cm³/mol. The lowest BCUT2D eigenvalue weighted by atomic mass is 9.95. The number of unbranched alkanes of at least 4 members (excludes halogenated alkanes) is 1. The van der Waals surface area contributed by atoms with Crippen LogP contribution in [0.15, 0.2) is 30.5 Å². The quantitative estimate of drug-likeness (QED) is 0.478. The highest BCUT2D eigenvalue weighted by Gasteiger charge is 2.28. The lowest BCUT2D eigenvalue weighted by molar-refractivity contribution is -0.124. The molecule has 1 amide bonds. The Hall–Kier alpha value is -2.58. The molecule has 1 fully saturated rings. The fourth-order valence-electron chi connectivity index (χ4n) is 4.77. The first kappa shape index (κ1) is 24.5. The Morgan fingerprint density at radius 1 is 1.06 bits per heavy atom. The summed E-state index contributed by atoms with van der Waals surface area (Å²) in [4.78, 5) is 27.3. The highest BCUT2D eigenvalue weighted by Crippen LogP contribution is 2.33. The first-order chi connectivity index (χ1) is 16.6. The number of rotatable bonds is 11. The summed E-state index contributed by atoms with van der Waals surface area (Å²) in [7, 11) is 0. The Bertz CT molecular complexity index is 867. The number of hydrogen-bond acceptors (Lipinski definition) is 7. The van der Waals surface area contributed by atoms with Gasteiger partial charge in [-0.05, 0) is 69.0 Å². The van der Waals surface area contributed by atoms with Crippen LogP contribution in [0.2, 0.25) is 0 Å². The molecule has 3 atom stereocenters. The Morgan fingerprint density at radius 3 is 2.59 bits per heavy atom. The van der Waals surface area contributed by atoms with Crippen molar-refractivity contribution in [3.8, 4) is 11.5 Å². The number of Topliss-reactive ketones (excluding diaryl/α,β-unsaturated/α-hetero) is 1. The molecule has 0 spiro atoms. The van der Waals surface area contributed by atoms with E-state index in [1.807, 2.05) is 18.2 Å². The molecule has 2 N–H and O–H groups in total. The average Bonchev–Trinajstić information content (AvgIpc) is 3.39. The number of amides is 1. The van der Waals surface area contributed by atoms with Gasteiger partial charge in [0.2, 0.25) is 5.91 Å². The predicted octanol–water partition coefficient (Wildman–Crippen LogP) is 2.75. The van der Waals surface area contributed by atoms with E-state index in [0.29, 0.717) is 69.1 Å². The molecule has 4 rings (SSSR count). The van der Waals surface area contributed by atoms with Gasteiger partial charge in [-0.3, -0.25) is 9.59 Å². The largest absolute Gasteiger partial charge is 0.501 e. The van der Waals surface area contributed by atoms with Crippen LogP contribution < -0.4 is 14.8 Å². The molecule has 0 aliphatic carbocycles. The second-order valence-corrected chi connectivity index (χ2v) is 9.30. The van der Waals surface area contributed by atoms with Gasteiger partial charge in [-0.1, -0.05) is 6.07 Å². The zero-order valence-electron chi connectivity index (χ0n) is 19.7. The maximum Gasteiger partial charge on any atom is 0.220 e. The van der Waals surface area contributed by atoms with E-state index in [1.54, 1.807) is 12.3 Å². The second-order valence-electron chi connectivity index (χ2n) is 9.30. The highest BCUT2D eigenvalue weighted by molar-refractivity contribution is 5.82. The van der Waals surface area contributed by atoms with Gasteiger partial charge in [0.05, 0.1) is 18.9 Å². The number of allylic oxidation sites excluding steroid dienone is 1. The van der Waals surface area contributed by atoms with Crippen LogP contribution in [0.4, 0.5) is 0 Å². The van der Waals surface area contributed by atoms with Crippen LogP contribution in [0.3, 0.4) is 0 Å². The van der Waals surface area contributed by atoms with E-state index in [4.69, 9.17) is 14.2 Å². The summed E-state index contributed by atoms with van der Waals surface area (Å²) >= 11 is 0. The maximum atomic E-state index is 12.7. The molecule has 34 heavy (non-hydrogen) atoms. The van der Waals surface area contributed by atoms with Gasteiger partial charge in [-0.25, -0.2) is 0 Å². The lowest BCUT2D eigenvalue weighted by Crippen LogP contribution is -2.46. The van der Waals surface area contributed by atoms with E-state index in [1.165, 1.54) is 0 Å². The van der Waals surface area contributed by atoms with E-state index in [0.717, 1.165) is 32.4 Å². The van der Waals surface area contributed by atoms with E-state index in [9.17, 15) is 14.7 Å². The third kappa shape index (κ3) is 6.73. The first-order valence-electron chi connectivity index (χ1n) is 12.5. The highest BCUT2D eigenvalue weighted by atomic mass is 16.6. The van der Waals surface area contributed by atoms with Crippen molar-refractivity contribution in [2.24, 2.45) is 5.92 Å². The maximum absolute atomic E-state index is 12.7. The summed E-state index contributed by atoms with van der Waals surface area (Å²) in [5.41, 5.74) is 0.698. The van der Waals surface area contributed by atoms with E-state index >= 15 is 0 Å². The van der Waals surface area contributed by atoms with Crippen molar-refractivity contribution < 1.29 is 28.9 Å². The van der Waals surface area contributed by atoms with Crippen molar-refractivity contribution in [2.75, 3.05) is 39.5 Å². The fraction of sp³-hybridized carbons (Fsp3) is 0.615. The van der Waals surface area contributed by atoms with Crippen LogP contribution in [0, 0.1) is 5.92 Å². The standard InChI is InChI=1S/C26H36N2O6/c29-22(19-9-13-32-14-10-19)5-1-2-6-25(30)27-21(18-28-11-3-4-12-28)26(31)20-7-8-23-24(17-20)34-16-15-33-23/h7-9,13,17,19,21,26,31H,1-6,10-12,14-16,18H2,(H,27,30)/t19-,21?,26?/m0/s1. The van der Waals surface area contributed by atoms with Gasteiger partial charge < -0.3 is 29.5 Å². The zero-order valence-corrected chi connectivity index (χ0v) is 19.7. The number of likely N-dealkylation sites (tertiary alicyclic amines) is 1. The van der Waals surface area contributed by atoms with Gasteiger partial charge in [-0.2, -0.15) is 0 Å². The number of nitrogens with one attached hydrogen (secondary N) is 1. The van der Waals surface area contributed by atoms with Gasteiger partial charge in [0.15, 0.2) is 11.5 Å². The van der Waals surface area contributed by atoms with Crippen LogP contribution in [0.5, 0.6) is 11.5 Å². The molecule has 1 aromatic carbocycles. The Balaban J connectivity index is 1.30. The molecule has 1 aromatic rings. The van der Waals surface area contributed by atoms with E-state index in [-0.39, 0.29) is 17.6 Å². The molecule has 3 aliphatic rings. The Kier molecular flexibility index (Phi) is 8.82. The summed E-state index contributed by atoms with van der Waals surface area (Å²) < 4.78 is 16.4. The normalized spacial score (nSPS) is 21.5. The minimum Gasteiger partial charge on any atom is -0.501 e. The SMILES string of the molecule is O=C(CCCCC(=O)[C@H]1C=COCC1)NC(CN1CCCC1)C(O)c1ccc2c(c1)OCCO2.